The molecule has 4 nitrogen and oxygen atoms in total. The minimum atomic E-state index is 0.156. The highest BCUT2D eigenvalue weighted by Crippen LogP contribution is 2.26. The minimum Gasteiger partial charge on any atom is -0.383 e. The van der Waals surface area contributed by atoms with Crippen LogP contribution in [0.3, 0.4) is 0 Å². The predicted octanol–water partition coefficient (Wildman–Crippen LogP) is 3.93. The summed E-state index contributed by atoms with van der Waals surface area (Å²) in [6, 6.07) is 5.65. The van der Waals surface area contributed by atoms with E-state index in [1.807, 2.05) is 36.7 Å². The minimum absolute atomic E-state index is 0.156. The van der Waals surface area contributed by atoms with Gasteiger partial charge in [0.2, 0.25) is 5.95 Å². The number of hydrogen-bond acceptors (Lipinski definition) is 3. The standard InChI is InChI=1S/C14H17Cl2N3O/c1-9-7-19(11-4-5-12(15)13(16)6-11)14(17-9)18-10(2)8-20-3/h4-7,10H,8H2,1-3H3,(H,17,18). The largest absolute Gasteiger partial charge is 0.383 e. The van der Waals surface area contributed by atoms with E-state index < -0.39 is 0 Å². The molecule has 1 aromatic heterocycles. The summed E-state index contributed by atoms with van der Waals surface area (Å²) in [7, 11) is 1.68. The third-order valence-corrected chi connectivity index (χ3v) is 3.54. The Kier molecular flexibility index (Phi) is 4.91. The lowest BCUT2D eigenvalue weighted by molar-refractivity contribution is 0.190. The van der Waals surface area contributed by atoms with E-state index in [4.69, 9.17) is 27.9 Å². The van der Waals surface area contributed by atoms with Crippen molar-refractivity contribution in [1.82, 2.24) is 9.55 Å². The molecule has 0 saturated heterocycles. The van der Waals surface area contributed by atoms with Gasteiger partial charge in [0.05, 0.1) is 28.0 Å². The Bertz CT molecular complexity index is 598. The van der Waals surface area contributed by atoms with Crippen molar-refractivity contribution >= 4 is 29.2 Å². The fourth-order valence-electron chi connectivity index (χ4n) is 1.94. The quantitative estimate of drug-likeness (QED) is 0.909. The van der Waals surface area contributed by atoms with Crippen molar-refractivity contribution in [3.63, 3.8) is 0 Å². The number of halogens is 2. The smallest absolute Gasteiger partial charge is 0.208 e. The maximum Gasteiger partial charge on any atom is 0.208 e. The molecule has 108 valence electrons. The Balaban J connectivity index is 2.33. The summed E-state index contributed by atoms with van der Waals surface area (Å²) in [6.45, 7) is 4.58. The maximum atomic E-state index is 6.07. The van der Waals surface area contributed by atoms with Crippen molar-refractivity contribution in [3.05, 3.63) is 40.1 Å². The second-order valence-electron chi connectivity index (χ2n) is 4.68. The molecule has 0 aliphatic heterocycles. The molecule has 1 heterocycles. The van der Waals surface area contributed by atoms with Gasteiger partial charge in [0.15, 0.2) is 0 Å². The lowest BCUT2D eigenvalue weighted by Gasteiger charge is -2.15. The first-order valence-corrected chi connectivity index (χ1v) is 7.03. The lowest BCUT2D eigenvalue weighted by atomic mass is 10.3. The fourth-order valence-corrected chi connectivity index (χ4v) is 2.24. The highest BCUT2D eigenvalue weighted by atomic mass is 35.5. The van der Waals surface area contributed by atoms with Crippen LogP contribution >= 0.6 is 23.2 Å². The number of anilines is 1. The number of benzene rings is 1. The summed E-state index contributed by atoms with van der Waals surface area (Å²) in [5.41, 5.74) is 1.83. The van der Waals surface area contributed by atoms with Crippen molar-refractivity contribution in [2.45, 2.75) is 19.9 Å². The number of hydrogen-bond donors (Lipinski definition) is 1. The third-order valence-electron chi connectivity index (χ3n) is 2.80. The Hall–Kier alpha value is -1.23. The van der Waals surface area contributed by atoms with Crippen LogP contribution in [0.4, 0.5) is 5.95 Å². The molecule has 0 saturated carbocycles. The molecule has 1 N–H and O–H groups in total. The molecule has 2 aromatic rings. The highest BCUT2D eigenvalue weighted by molar-refractivity contribution is 6.42. The van der Waals surface area contributed by atoms with Crippen molar-refractivity contribution in [2.75, 3.05) is 19.0 Å². The zero-order valence-corrected chi connectivity index (χ0v) is 13.2. The number of aryl methyl sites for hydroxylation is 1. The van der Waals surface area contributed by atoms with Crippen molar-refractivity contribution in [2.24, 2.45) is 0 Å². The van der Waals surface area contributed by atoms with Crippen LogP contribution in [0.25, 0.3) is 5.69 Å². The van der Waals surface area contributed by atoms with Crippen molar-refractivity contribution in [1.29, 1.82) is 0 Å². The second kappa shape index (κ2) is 6.48. The van der Waals surface area contributed by atoms with E-state index in [9.17, 15) is 0 Å². The van der Waals surface area contributed by atoms with Gasteiger partial charge in [-0.2, -0.15) is 0 Å². The van der Waals surface area contributed by atoms with E-state index in [0.717, 1.165) is 17.3 Å². The van der Waals surface area contributed by atoms with Crippen LogP contribution in [-0.4, -0.2) is 29.3 Å². The average Bonchev–Trinajstić information content (AvgIpc) is 2.74. The van der Waals surface area contributed by atoms with Crippen LogP contribution in [0.1, 0.15) is 12.6 Å². The molecule has 0 spiro atoms. The first-order chi connectivity index (χ1) is 9.51. The second-order valence-corrected chi connectivity index (χ2v) is 5.49. The molecule has 1 atom stereocenters. The van der Waals surface area contributed by atoms with E-state index >= 15 is 0 Å². The molecule has 1 aromatic carbocycles. The normalized spacial score (nSPS) is 12.4. The van der Waals surface area contributed by atoms with E-state index in [2.05, 4.69) is 10.3 Å². The van der Waals surface area contributed by atoms with Crippen molar-refractivity contribution in [3.8, 4) is 5.69 Å². The monoisotopic (exact) mass is 313 g/mol. The van der Waals surface area contributed by atoms with Gasteiger partial charge in [0.25, 0.3) is 0 Å². The molecule has 0 radical (unpaired) electrons. The Morgan fingerprint density at radius 1 is 1.35 bits per heavy atom. The molecule has 0 aliphatic rings. The van der Waals surface area contributed by atoms with Gasteiger partial charge in [-0.1, -0.05) is 23.2 Å². The molecule has 6 heteroatoms. The van der Waals surface area contributed by atoms with Crippen LogP contribution in [0.2, 0.25) is 10.0 Å². The zero-order valence-electron chi connectivity index (χ0n) is 11.7. The first kappa shape index (κ1) is 15.2. The van der Waals surface area contributed by atoms with Crippen LogP contribution in [-0.2, 0) is 4.74 Å². The van der Waals surface area contributed by atoms with E-state index in [0.29, 0.717) is 16.7 Å². The molecular weight excluding hydrogens is 297 g/mol. The molecule has 0 aliphatic carbocycles. The van der Waals surface area contributed by atoms with Gasteiger partial charge in [-0.3, -0.25) is 4.57 Å². The van der Waals surface area contributed by atoms with Crippen molar-refractivity contribution < 1.29 is 4.74 Å². The molecule has 0 bridgehead atoms. The maximum absolute atomic E-state index is 6.07. The molecule has 1 unspecified atom stereocenters. The third kappa shape index (κ3) is 3.45. The summed E-state index contributed by atoms with van der Waals surface area (Å²) >= 11 is 12.0. The van der Waals surface area contributed by atoms with Gasteiger partial charge in [0, 0.05) is 19.3 Å². The molecule has 2 rings (SSSR count). The van der Waals surface area contributed by atoms with Gasteiger partial charge in [-0.05, 0) is 32.0 Å². The number of nitrogens with one attached hydrogen (secondary N) is 1. The summed E-state index contributed by atoms with van der Waals surface area (Å²) < 4.78 is 7.07. The van der Waals surface area contributed by atoms with Gasteiger partial charge in [0.1, 0.15) is 0 Å². The number of rotatable bonds is 5. The van der Waals surface area contributed by atoms with Crippen LogP contribution in [0.15, 0.2) is 24.4 Å². The molecule has 0 fully saturated rings. The fraction of sp³-hybridized carbons (Fsp3) is 0.357. The Morgan fingerprint density at radius 2 is 2.10 bits per heavy atom. The summed E-state index contributed by atoms with van der Waals surface area (Å²) in [5.74, 6) is 0.755. The topological polar surface area (TPSA) is 39.1 Å². The number of imidazole rings is 1. The molecule has 20 heavy (non-hydrogen) atoms. The predicted molar refractivity (Wildman–Crippen MR) is 83.3 cm³/mol. The van der Waals surface area contributed by atoms with Crippen LogP contribution < -0.4 is 5.32 Å². The first-order valence-electron chi connectivity index (χ1n) is 6.28. The van der Waals surface area contributed by atoms with Crippen LogP contribution in [0.5, 0.6) is 0 Å². The number of aromatic nitrogens is 2. The summed E-state index contributed by atoms with van der Waals surface area (Å²) in [6.07, 6.45) is 1.95. The Morgan fingerprint density at radius 3 is 2.75 bits per heavy atom. The molecule has 0 amide bonds. The van der Waals surface area contributed by atoms with Crippen LogP contribution in [0, 0.1) is 6.92 Å². The highest BCUT2D eigenvalue weighted by Gasteiger charge is 2.11. The van der Waals surface area contributed by atoms with Gasteiger partial charge in [-0.25, -0.2) is 4.98 Å². The number of ether oxygens (including phenoxy) is 1. The lowest BCUT2D eigenvalue weighted by Crippen LogP contribution is -2.22. The SMILES string of the molecule is COCC(C)Nc1nc(C)cn1-c1ccc(Cl)c(Cl)c1. The zero-order chi connectivity index (χ0) is 14.7. The van der Waals surface area contributed by atoms with E-state index in [-0.39, 0.29) is 6.04 Å². The molecular formula is C14H17Cl2N3O. The number of nitrogens with zero attached hydrogens (tertiary/aromatic N) is 2. The van der Waals surface area contributed by atoms with E-state index in [1.54, 1.807) is 13.2 Å². The summed E-state index contributed by atoms with van der Waals surface area (Å²) in [4.78, 5) is 4.48. The van der Waals surface area contributed by atoms with E-state index in [1.165, 1.54) is 0 Å². The Labute approximate surface area is 128 Å². The van der Waals surface area contributed by atoms with Gasteiger partial charge in [-0.15, -0.1) is 0 Å². The van der Waals surface area contributed by atoms with Gasteiger partial charge < -0.3 is 10.1 Å². The summed E-state index contributed by atoms with van der Waals surface area (Å²) in [5, 5.41) is 4.37. The average molecular weight is 314 g/mol. The van der Waals surface area contributed by atoms with Gasteiger partial charge >= 0.3 is 0 Å². The number of methoxy groups -OCH3 is 1.